The Labute approximate surface area is 130 Å². The number of hydrogen-bond donors (Lipinski definition) is 1. The predicted molar refractivity (Wildman–Crippen MR) is 82.6 cm³/mol. The number of benzene rings is 1. The number of aryl methyl sites for hydroxylation is 1. The van der Waals surface area contributed by atoms with Crippen molar-refractivity contribution in [3.05, 3.63) is 51.2 Å². The van der Waals surface area contributed by atoms with Gasteiger partial charge in [-0.1, -0.05) is 11.6 Å². The number of hydrogen-bond acceptors (Lipinski definition) is 3. The van der Waals surface area contributed by atoms with E-state index >= 15 is 0 Å². The molecule has 4 nitrogen and oxygen atoms in total. The highest BCUT2D eigenvalue weighted by atomic mass is 79.9. The van der Waals surface area contributed by atoms with Crippen molar-refractivity contribution in [1.82, 2.24) is 4.98 Å². The monoisotopic (exact) mass is 354 g/mol. The summed E-state index contributed by atoms with van der Waals surface area (Å²) in [5.41, 5.74) is 1.88. The maximum absolute atomic E-state index is 12.2. The molecule has 0 bridgehead atoms. The Hall–Kier alpha value is -1.59. The summed E-state index contributed by atoms with van der Waals surface area (Å²) in [5, 5.41) is 3.38. The van der Waals surface area contributed by atoms with E-state index in [4.69, 9.17) is 16.3 Å². The zero-order chi connectivity index (χ0) is 14.7. The Morgan fingerprint density at radius 2 is 2.10 bits per heavy atom. The molecule has 1 amide bonds. The van der Waals surface area contributed by atoms with Gasteiger partial charge in [-0.25, -0.2) is 0 Å². The van der Waals surface area contributed by atoms with Crippen LogP contribution < -0.4 is 10.1 Å². The molecule has 0 fully saturated rings. The highest BCUT2D eigenvalue weighted by Gasteiger charge is 2.12. The summed E-state index contributed by atoms with van der Waals surface area (Å²) in [4.78, 5) is 16.1. The Balaban J connectivity index is 2.30. The number of ether oxygens (including phenoxy) is 1. The minimum Gasteiger partial charge on any atom is -0.495 e. The molecule has 0 unspecified atom stereocenters. The maximum atomic E-state index is 12.2. The van der Waals surface area contributed by atoms with E-state index in [9.17, 15) is 4.79 Å². The van der Waals surface area contributed by atoms with Crippen LogP contribution in [0.4, 0.5) is 5.69 Å². The van der Waals surface area contributed by atoms with Gasteiger partial charge in [0.05, 0.1) is 18.4 Å². The lowest BCUT2D eigenvalue weighted by molar-refractivity contribution is 0.102. The molecule has 0 saturated heterocycles. The van der Waals surface area contributed by atoms with Gasteiger partial charge in [-0.2, -0.15) is 0 Å². The van der Waals surface area contributed by atoms with Crippen LogP contribution in [-0.2, 0) is 0 Å². The van der Waals surface area contributed by atoms with E-state index in [0.717, 1.165) is 10.0 Å². The normalized spacial score (nSPS) is 10.2. The van der Waals surface area contributed by atoms with E-state index in [1.54, 1.807) is 24.4 Å². The SMILES string of the molecule is COc1cc(Cl)c(C)cc1NC(=O)c1cncc(Br)c1. The Bertz CT molecular complexity index is 662. The van der Waals surface area contributed by atoms with Gasteiger partial charge in [-0.15, -0.1) is 0 Å². The van der Waals surface area contributed by atoms with Crippen molar-refractivity contribution in [3.8, 4) is 5.75 Å². The maximum Gasteiger partial charge on any atom is 0.257 e. The molecular formula is C14H12BrClN2O2. The Morgan fingerprint density at radius 3 is 2.75 bits per heavy atom. The van der Waals surface area contributed by atoms with Crippen LogP contribution in [0, 0.1) is 6.92 Å². The highest BCUT2D eigenvalue weighted by Crippen LogP contribution is 2.31. The fourth-order valence-corrected chi connectivity index (χ4v) is 2.18. The van der Waals surface area contributed by atoms with Crippen LogP contribution in [-0.4, -0.2) is 18.0 Å². The van der Waals surface area contributed by atoms with Crippen LogP contribution in [0.1, 0.15) is 15.9 Å². The minimum absolute atomic E-state index is 0.265. The van der Waals surface area contributed by atoms with E-state index in [2.05, 4.69) is 26.2 Å². The molecule has 20 heavy (non-hydrogen) atoms. The number of rotatable bonds is 3. The lowest BCUT2D eigenvalue weighted by atomic mass is 10.2. The number of anilines is 1. The number of halogens is 2. The molecule has 0 aliphatic heterocycles. The van der Waals surface area contributed by atoms with Gasteiger partial charge in [0, 0.05) is 28.0 Å². The molecule has 0 spiro atoms. The number of carbonyl (C=O) groups excluding carboxylic acids is 1. The number of carbonyl (C=O) groups is 1. The van der Waals surface area contributed by atoms with Gasteiger partial charge >= 0.3 is 0 Å². The molecular weight excluding hydrogens is 344 g/mol. The zero-order valence-electron chi connectivity index (χ0n) is 10.9. The van der Waals surface area contributed by atoms with Gasteiger partial charge in [-0.05, 0) is 40.5 Å². The quantitative estimate of drug-likeness (QED) is 0.903. The van der Waals surface area contributed by atoms with Crippen molar-refractivity contribution >= 4 is 39.1 Å². The number of aromatic nitrogens is 1. The fraction of sp³-hybridized carbons (Fsp3) is 0.143. The molecule has 0 saturated carbocycles. The Kier molecular flexibility index (Phi) is 4.62. The number of nitrogens with zero attached hydrogens (tertiary/aromatic N) is 1. The molecule has 0 aliphatic rings. The summed E-state index contributed by atoms with van der Waals surface area (Å²) in [5.74, 6) is 0.246. The van der Waals surface area contributed by atoms with Crippen molar-refractivity contribution in [2.75, 3.05) is 12.4 Å². The molecule has 0 aliphatic carbocycles. The highest BCUT2D eigenvalue weighted by molar-refractivity contribution is 9.10. The first-order valence-electron chi connectivity index (χ1n) is 5.77. The first-order chi connectivity index (χ1) is 9.51. The van der Waals surface area contributed by atoms with Crippen molar-refractivity contribution < 1.29 is 9.53 Å². The van der Waals surface area contributed by atoms with Crippen LogP contribution in [0.3, 0.4) is 0 Å². The van der Waals surface area contributed by atoms with Crippen LogP contribution >= 0.6 is 27.5 Å². The summed E-state index contributed by atoms with van der Waals surface area (Å²) in [7, 11) is 1.53. The standard InChI is InChI=1S/C14H12BrClN2O2/c1-8-3-12(13(20-2)5-11(8)16)18-14(19)9-4-10(15)7-17-6-9/h3-7H,1-2H3,(H,18,19). The van der Waals surface area contributed by atoms with Crippen molar-refractivity contribution in [2.45, 2.75) is 6.92 Å². The number of amides is 1. The first-order valence-corrected chi connectivity index (χ1v) is 6.94. The lowest BCUT2D eigenvalue weighted by Gasteiger charge is -2.12. The van der Waals surface area contributed by atoms with Crippen molar-refractivity contribution in [3.63, 3.8) is 0 Å². The topological polar surface area (TPSA) is 51.2 Å². The largest absolute Gasteiger partial charge is 0.495 e. The molecule has 0 atom stereocenters. The van der Waals surface area contributed by atoms with E-state index in [1.807, 2.05) is 6.92 Å². The van der Waals surface area contributed by atoms with E-state index in [0.29, 0.717) is 22.0 Å². The molecule has 104 valence electrons. The molecule has 1 aromatic carbocycles. The van der Waals surface area contributed by atoms with Crippen molar-refractivity contribution in [2.24, 2.45) is 0 Å². The van der Waals surface area contributed by atoms with Gasteiger partial charge in [0.1, 0.15) is 5.75 Å². The second kappa shape index (κ2) is 6.24. The summed E-state index contributed by atoms with van der Waals surface area (Å²) in [6.45, 7) is 1.86. The Morgan fingerprint density at radius 1 is 1.35 bits per heavy atom. The van der Waals surface area contributed by atoms with Gasteiger partial charge < -0.3 is 10.1 Å². The van der Waals surface area contributed by atoms with Crippen molar-refractivity contribution in [1.29, 1.82) is 0 Å². The van der Waals surface area contributed by atoms with Crippen LogP contribution in [0.5, 0.6) is 5.75 Å². The van der Waals surface area contributed by atoms with Crippen LogP contribution in [0.15, 0.2) is 35.1 Å². The average Bonchev–Trinajstić information content (AvgIpc) is 2.42. The molecule has 1 N–H and O–H groups in total. The molecule has 1 heterocycles. The van der Waals surface area contributed by atoms with E-state index in [-0.39, 0.29) is 5.91 Å². The van der Waals surface area contributed by atoms with Gasteiger partial charge in [-0.3, -0.25) is 9.78 Å². The fourth-order valence-electron chi connectivity index (χ4n) is 1.66. The molecule has 0 radical (unpaired) electrons. The van der Waals surface area contributed by atoms with Crippen LogP contribution in [0.25, 0.3) is 0 Å². The molecule has 6 heteroatoms. The van der Waals surface area contributed by atoms with Gasteiger partial charge in [0.25, 0.3) is 5.91 Å². The molecule has 1 aromatic heterocycles. The first kappa shape index (κ1) is 14.8. The van der Waals surface area contributed by atoms with E-state index < -0.39 is 0 Å². The number of methoxy groups -OCH3 is 1. The summed E-state index contributed by atoms with van der Waals surface area (Å²) in [6, 6.07) is 5.13. The van der Waals surface area contributed by atoms with Crippen LogP contribution in [0.2, 0.25) is 5.02 Å². The number of pyridine rings is 1. The molecule has 2 rings (SSSR count). The van der Waals surface area contributed by atoms with E-state index in [1.165, 1.54) is 13.3 Å². The molecule has 2 aromatic rings. The minimum atomic E-state index is -0.265. The summed E-state index contributed by atoms with van der Waals surface area (Å²) in [6.07, 6.45) is 3.11. The summed E-state index contributed by atoms with van der Waals surface area (Å²) < 4.78 is 5.96. The van der Waals surface area contributed by atoms with Gasteiger partial charge in [0.2, 0.25) is 0 Å². The second-order valence-corrected chi connectivity index (χ2v) is 5.47. The third-order valence-corrected chi connectivity index (χ3v) is 3.54. The summed E-state index contributed by atoms with van der Waals surface area (Å²) >= 11 is 9.31. The zero-order valence-corrected chi connectivity index (χ0v) is 13.2. The third-order valence-electron chi connectivity index (χ3n) is 2.70. The number of nitrogens with one attached hydrogen (secondary N) is 1. The predicted octanol–water partition coefficient (Wildman–Crippen LogP) is 4.07. The lowest BCUT2D eigenvalue weighted by Crippen LogP contribution is -2.13. The average molecular weight is 356 g/mol. The van der Waals surface area contributed by atoms with Gasteiger partial charge in [0.15, 0.2) is 0 Å². The third kappa shape index (κ3) is 3.29. The second-order valence-electron chi connectivity index (χ2n) is 4.15. The smallest absolute Gasteiger partial charge is 0.257 e.